The van der Waals surface area contributed by atoms with Gasteiger partial charge in [0, 0.05) is 0 Å². The molecule has 1 heterocycles. The zero-order valence-electron chi connectivity index (χ0n) is 9.08. The van der Waals surface area contributed by atoms with Crippen LogP contribution >= 0.6 is 11.3 Å². The lowest BCUT2D eigenvalue weighted by molar-refractivity contribution is 0.496. The van der Waals surface area contributed by atoms with E-state index in [4.69, 9.17) is 4.74 Å². The van der Waals surface area contributed by atoms with Gasteiger partial charge in [-0.2, -0.15) is 0 Å². The van der Waals surface area contributed by atoms with Gasteiger partial charge >= 0.3 is 0 Å². The van der Waals surface area contributed by atoms with Gasteiger partial charge in [0.1, 0.15) is 10.8 Å². The molecular formula is C11H11NO3S2. The zero-order valence-corrected chi connectivity index (χ0v) is 10.7. The summed E-state index contributed by atoms with van der Waals surface area (Å²) in [5.74, 6) is 0.722. The number of hydrogen-bond acceptors (Lipinski definition) is 4. The smallest absolute Gasteiger partial charge is 0.230 e. The van der Waals surface area contributed by atoms with E-state index in [2.05, 4.69) is 4.72 Å². The van der Waals surface area contributed by atoms with E-state index in [-0.39, 0.29) is 0 Å². The average molecular weight is 269 g/mol. The largest absolute Gasteiger partial charge is 0.447 e. The Balaban J connectivity index is 2.09. The molecule has 0 saturated heterocycles. The van der Waals surface area contributed by atoms with Crippen LogP contribution < -0.4 is 9.46 Å². The molecule has 0 saturated carbocycles. The normalized spacial score (nSPS) is 11.1. The van der Waals surface area contributed by atoms with Gasteiger partial charge in [-0.15, -0.1) is 0 Å². The van der Waals surface area contributed by atoms with E-state index in [1.54, 1.807) is 12.1 Å². The third kappa shape index (κ3) is 3.76. The van der Waals surface area contributed by atoms with Gasteiger partial charge in [0.2, 0.25) is 10.0 Å². The molecule has 90 valence electrons. The molecule has 0 aliphatic rings. The number of thiophene rings is 1. The molecule has 4 nitrogen and oxygen atoms in total. The van der Waals surface area contributed by atoms with Crippen LogP contribution in [0.4, 0.5) is 5.00 Å². The summed E-state index contributed by atoms with van der Waals surface area (Å²) in [5, 5.41) is 1.18. The first-order valence-electron chi connectivity index (χ1n) is 4.83. The number of rotatable bonds is 4. The number of para-hydroxylation sites is 1. The lowest BCUT2D eigenvalue weighted by Crippen LogP contribution is -2.07. The van der Waals surface area contributed by atoms with Crippen molar-refractivity contribution in [2.45, 2.75) is 0 Å². The third-order valence-electron chi connectivity index (χ3n) is 1.83. The summed E-state index contributed by atoms with van der Waals surface area (Å²) in [6.07, 6.45) is 1.12. The van der Waals surface area contributed by atoms with Gasteiger partial charge in [0.25, 0.3) is 0 Å². The number of nitrogens with one attached hydrogen (secondary N) is 1. The number of anilines is 1. The minimum Gasteiger partial charge on any atom is -0.447 e. The predicted molar refractivity (Wildman–Crippen MR) is 69.3 cm³/mol. The second-order valence-electron chi connectivity index (χ2n) is 3.41. The molecule has 0 fully saturated rings. The van der Waals surface area contributed by atoms with Gasteiger partial charge in [-0.25, -0.2) is 8.42 Å². The number of ether oxygens (including phenoxy) is 1. The van der Waals surface area contributed by atoms with Crippen molar-refractivity contribution < 1.29 is 13.2 Å². The lowest BCUT2D eigenvalue weighted by atomic mass is 10.3. The monoisotopic (exact) mass is 269 g/mol. The van der Waals surface area contributed by atoms with Crippen LogP contribution in [0.5, 0.6) is 10.8 Å². The minimum absolute atomic E-state index is 0.540. The molecule has 0 bridgehead atoms. The molecule has 0 atom stereocenters. The number of hydrogen-bond donors (Lipinski definition) is 1. The molecule has 0 aliphatic carbocycles. The second kappa shape index (κ2) is 4.77. The molecule has 17 heavy (non-hydrogen) atoms. The zero-order chi connectivity index (χ0) is 12.3. The highest BCUT2D eigenvalue weighted by molar-refractivity contribution is 7.92. The molecule has 2 aromatic rings. The highest BCUT2D eigenvalue weighted by Gasteiger charge is 2.06. The van der Waals surface area contributed by atoms with Crippen molar-refractivity contribution in [1.29, 1.82) is 0 Å². The van der Waals surface area contributed by atoms with Gasteiger partial charge in [-0.1, -0.05) is 29.5 Å². The maximum absolute atomic E-state index is 11.0. The van der Waals surface area contributed by atoms with Crippen molar-refractivity contribution in [2.75, 3.05) is 11.0 Å². The summed E-state index contributed by atoms with van der Waals surface area (Å²) in [7, 11) is -3.23. The van der Waals surface area contributed by atoms with Crippen molar-refractivity contribution in [3.05, 3.63) is 42.5 Å². The summed E-state index contributed by atoms with van der Waals surface area (Å²) >= 11 is 1.24. The molecule has 1 aromatic carbocycles. The summed E-state index contributed by atoms with van der Waals surface area (Å²) in [5.41, 5.74) is 0. The molecule has 1 N–H and O–H groups in total. The number of sulfonamides is 1. The summed E-state index contributed by atoms with van der Waals surface area (Å²) in [6, 6.07) is 12.7. The van der Waals surface area contributed by atoms with E-state index in [1.165, 1.54) is 11.3 Å². The molecule has 6 heteroatoms. The van der Waals surface area contributed by atoms with Crippen LogP contribution in [0.2, 0.25) is 0 Å². The Morgan fingerprint density at radius 3 is 2.47 bits per heavy atom. The Bertz CT molecular complexity index is 590. The molecule has 2 rings (SSSR count). The van der Waals surface area contributed by atoms with Crippen molar-refractivity contribution >= 4 is 26.4 Å². The van der Waals surface area contributed by atoms with E-state index in [9.17, 15) is 8.42 Å². The van der Waals surface area contributed by atoms with Crippen LogP contribution in [0.15, 0.2) is 42.5 Å². The van der Waals surface area contributed by atoms with E-state index in [0.29, 0.717) is 10.1 Å². The van der Waals surface area contributed by atoms with Gasteiger partial charge in [0.05, 0.1) is 6.26 Å². The maximum Gasteiger partial charge on any atom is 0.230 e. The SMILES string of the molecule is CS(=O)(=O)Nc1ccc(Oc2ccccc2)s1. The van der Waals surface area contributed by atoms with Gasteiger partial charge < -0.3 is 4.74 Å². The molecular weight excluding hydrogens is 258 g/mol. The third-order valence-corrected chi connectivity index (χ3v) is 3.43. The summed E-state index contributed by atoms with van der Waals surface area (Å²) < 4.78 is 30.0. The maximum atomic E-state index is 11.0. The van der Waals surface area contributed by atoms with Crippen molar-refractivity contribution in [2.24, 2.45) is 0 Å². The lowest BCUT2D eigenvalue weighted by Gasteiger charge is -2.01. The van der Waals surface area contributed by atoms with E-state index in [0.717, 1.165) is 12.0 Å². The van der Waals surface area contributed by atoms with Crippen LogP contribution in [0.1, 0.15) is 0 Å². The Morgan fingerprint density at radius 1 is 1.12 bits per heavy atom. The van der Waals surface area contributed by atoms with Crippen molar-refractivity contribution in [3.8, 4) is 10.8 Å². The first kappa shape index (κ1) is 11.9. The fourth-order valence-corrected chi connectivity index (χ4v) is 2.90. The average Bonchev–Trinajstić information content (AvgIpc) is 2.64. The predicted octanol–water partition coefficient (Wildman–Crippen LogP) is 2.91. The Kier molecular flexibility index (Phi) is 3.35. The van der Waals surface area contributed by atoms with Crippen molar-refractivity contribution in [3.63, 3.8) is 0 Å². The standard InChI is InChI=1S/C11H11NO3S2/c1-17(13,14)12-10-7-8-11(16-10)15-9-5-3-2-4-6-9/h2-8,12H,1H3. The highest BCUT2D eigenvalue weighted by atomic mass is 32.2. The van der Waals surface area contributed by atoms with E-state index < -0.39 is 10.0 Å². The van der Waals surface area contributed by atoms with Crippen LogP contribution in [0, 0.1) is 0 Å². The van der Waals surface area contributed by atoms with E-state index in [1.807, 2.05) is 30.3 Å². The van der Waals surface area contributed by atoms with E-state index >= 15 is 0 Å². The van der Waals surface area contributed by atoms with Crippen LogP contribution in [-0.4, -0.2) is 14.7 Å². The van der Waals surface area contributed by atoms with Crippen LogP contribution in [0.25, 0.3) is 0 Å². The Hall–Kier alpha value is -1.53. The molecule has 0 spiro atoms. The van der Waals surface area contributed by atoms with Crippen LogP contribution in [0.3, 0.4) is 0 Å². The molecule has 0 amide bonds. The van der Waals surface area contributed by atoms with Gasteiger partial charge in [-0.05, 0) is 24.3 Å². The number of benzene rings is 1. The van der Waals surface area contributed by atoms with Crippen LogP contribution in [-0.2, 0) is 10.0 Å². The molecule has 0 radical (unpaired) electrons. The van der Waals surface area contributed by atoms with Gasteiger partial charge in [0.15, 0.2) is 5.06 Å². The first-order valence-corrected chi connectivity index (χ1v) is 7.54. The molecule has 0 aliphatic heterocycles. The molecule has 0 unspecified atom stereocenters. The topological polar surface area (TPSA) is 55.4 Å². The summed E-state index contributed by atoms with van der Waals surface area (Å²) in [6.45, 7) is 0. The second-order valence-corrected chi connectivity index (χ2v) is 6.20. The Labute approximate surface area is 104 Å². The van der Waals surface area contributed by atoms with Crippen molar-refractivity contribution in [1.82, 2.24) is 0 Å². The quantitative estimate of drug-likeness (QED) is 0.928. The fraction of sp³-hybridized carbons (Fsp3) is 0.0909. The fourth-order valence-electron chi connectivity index (χ4n) is 1.22. The molecule has 1 aromatic heterocycles. The van der Waals surface area contributed by atoms with Gasteiger partial charge in [-0.3, -0.25) is 4.72 Å². The summed E-state index contributed by atoms with van der Waals surface area (Å²) in [4.78, 5) is 0. The Morgan fingerprint density at radius 2 is 1.82 bits per heavy atom. The minimum atomic E-state index is -3.23. The highest BCUT2D eigenvalue weighted by Crippen LogP contribution is 2.32. The first-order chi connectivity index (χ1) is 8.03.